The third kappa shape index (κ3) is 1.07. The van der Waals surface area contributed by atoms with Gasteiger partial charge in [-0.3, -0.25) is 0 Å². The molecule has 0 aliphatic carbocycles. The summed E-state index contributed by atoms with van der Waals surface area (Å²) in [6.45, 7) is 0. The summed E-state index contributed by atoms with van der Waals surface area (Å²) in [6.07, 6.45) is 5.87. The molecule has 1 aromatic heterocycles. The van der Waals surface area contributed by atoms with Gasteiger partial charge in [0.2, 0.25) is 0 Å². The number of ether oxygens (including phenoxy) is 2. The van der Waals surface area contributed by atoms with Crippen molar-refractivity contribution in [3.05, 3.63) is 30.7 Å². The summed E-state index contributed by atoms with van der Waals surface area (Å²) >= 11 is 0. The summed E-state index contributed by atoms with van der Waals surface area (Å²) in [7, 11) is 0. The number of nitrogens with zero attached hydrogens (tertiary/aromatic N) is 2. The summed E-state index contributed by atoms with van der Waals surface area (Å²) in [5.74, 6) is 0.543. The van der Waals surface area contributed by atoms with Crippen molar-refractivity contribution in [2.45, 2.75) is 0 Å². The molecule has 0 spiro atoms. The molecule has 1 aromatic rings. The maximum absolute atomic E-state index is 5.06. The monoisotopic (exact) mass is 151 g/mol. The lowest BCUT2D eigenvalue weighted by molar-refractivity contribution is 0.311. The summed E-state index contributed by atoms with van der Waals surface area (Å²) in [5.41, 5.74) is 0.620. The van der Waals surface area contributed by atoms with E-state index in [2.05, 4.69) is 15.4 Å². The average molecular weight is 151 g/mol. The van der Waals surface area contributed by atoms with Gasteiger partial charge >= 0.3 is 0 Å². The molecule has 1 N–H and O–H groups in total. The fourth-order valence-electron chi connectivity index (χ4n) is 0.703. The Hall–Kier alpha value is -1.78. The Morgan fingerprint density at radius 1 is 1.36 bits per heavy atom. The van der Waals surface area contributed by atoms with Crippen molar-refractivity contribution in [1.82, 2.24) is 15.4 Å². The normalized spacial score (nSPS) is 15.1. The number of hydrogen-bond donors (Lipinski definition) is 1. The minimum atomic E-state index is 0.543. The number of aromatic nitrogens is 3. The topological polar surface area (TPSA) is 60.0 Å². The van der Waals surface area contributed by atoms with Gasteiger partial charge in [0.15, 0.2) is 11.5 Å². The van der Waals surface area contributed by atoms with E-state index in [4.69, 9.17) is 9.47 Å². The van der Waals surface area contributed by atoms with E-state index in [1.165, 1.54) is 18.8 Å². The van der Waals surface area contributed by atoms with E-state index >= 15 is 0 Å². The molecule has 1 aliphatic rings. The van der Waals surface area contributed by atoms with E-state index in [0.29, 0.717) is 11.5 Å². The van der Waals surface area contributed by atoms with Crippen LogP contribution in [0, 0.1) is 0 Å². The Morgan fingerprint density at radius 3 is 3.00 bits per heavy atom. The van der Waals surface area contributed by atoms with E-state index in [0.717, 1.165) is 0 Å². The largest absolute Gasteiger partial charge is 0.465 e. The van der Waals surface area contributed by atoms with Crippen molar-refractivity contribution in [2.24, 2.45) is 0 Å². The van der Waals surface area contributed by atoms with E-state index < -0.39 is 0 Å². The van der Waals surface area contributed by atoms with Gasteiger partial charge in [0.1, 0.15) is 18.8 Å². The quantitative estimate of drug-likeness (QED) is 0.639. The summed E-state index contributed by atoms with van der Waals surface area (Å²) < 4.78 is 9.91. The molecule has 0 fully saturated rings. The third-order valence-electron chi connectivity index (χ3n) is 1.17. The number of nitrogens with one attached hydrogen (secondary N) is 1. The Kier molecular flexibility index (Phi) is 1.33. The third-order valence-corrected chi connectivity index (χ3v) is 1.17. The zero-order valence-electron chi connectivity index (χ0n) is 5.52. The Morgan fingerprint density at radius 2 is 2.36 bits per heavy atom. The second kappa shape index (κ2) is 2.45. The predicted molar refractivity (Wildman–Crippen MR) is 35.7 cm³/mol. The summed E-state index contributed by atoms with van der Waals surface area (Å²) in [4.78, 5) is 0. The van der Waals surface area contributed by atoms with Crippen LogP contribution in [0.4, 0.5) is 0 Å². The van der Waals surface area contributed by atoms with Gasteiger partial charge in [-0.25, -0.2) is 0 Å². The molecule has 11 heavy (non-hydrogen) atoms. The van der Waals surface area contributed by atoms with Crippen LogP contribution in [0.25, 0.3) is 5.76 Å². The number of rotatable bonds is 1. The molecule has 0 unspecified atom stereocenters. The Bertz CT molecular complexity index is 289. The van der Waals surface area contributed by atoms with Gasteiger partial charge in [-0.05, 0) is 0 Å². The van der Waals surface area contributed by atoms with Gasteiger partial charge in [-0.2, -0.15) is 15.4 Å². The number of aromatic amines is 1. The van der Waals surface area contributed by atoms with Gasteiger partial charge in [-0.1, -0.05) is 0 Å². The summed E-state index contributed by atoms with van der Waals surface area (Å²) in [6, 6.07) is 0. The highest BCUT2D eigenvalue weighted by Gasteiger charge is 2.07. The zero-order valence-corrected chi connectivity index (χ0v) is 5.52. The van der Waals surface area contributed by atoms with Gasteiger partial charge in [0.25, 0.3) is 0 Å². The molecule has 0 radical (unpaired) electrons. The minimum absolute atomic E-state index is 0.543. The van der Waals surface area contributed by atoms with Crippen molar-refractivity contribution in [2.75, 3.05) is 0 Å². The number of H-pyrrole nitrogens is 1. The lowest BCUT2D eigenvalue weighted by atomic mass is 10.4. The first kappa shape index (κ1) is 5.96. The molecule has 2 heterocycles. The standard InChI is InChI=1S/C6H5N3O2/c1-2-11-6(4-10-1)5-3-7-9-8-5/h1-4H,(H,7,8,9). The van der Waals surface area contributed by atoms with E-state index in [1.807, 2.05) is 0 Å². The predicted octanol–water partition coefficient (Wildman–Crippen LogP) is 0.621. The molecule has 2 rings (SSSR count). The van der Waals surface area contributed by atoms with Crippen LogP contribution >= 0.6 is 0 Å². The molecular weight excluding hydrogens is 146 g/mol. The smallest absolute Gasteiger partial charge is 0.190 e. The van der Waals surface area contributed by atoms with Crippen LogP contribution in [0.1, 0.15) is 5.69 Å². The molecule has 56 valence electrons. The Labute approximate surface area is 62.3 Å². The first-order valence-corrected chi connectivity index (χ1v) is 3.00. The van der Waals surface area contributed by atoms with Crippen LogP contribution in [0.5, 0.6) is 0 Å². The van der Waals surface area contributed by atoms with Crippen LogP contribution in [0.15, 0.2) is 25.0 Å². The fourth-order valence-corrected chi connectivity index (χ4v) is 0.703. The van der Waals surface area contributed by atoms with Gasteiger partial charge in [0.05, 0.1) is 6.20 Å². The molecule has 0 saturated heterocycles. The second-order valence-corrected chi connectivity index (χ2v) is 1.86. The van der Waals surface area contributed by atoms with Gasteiger partial charge in [-0.15, -0.1) is 0 Å². The molecule has 0 aromatic carbocycles. The van der Waals surface area contributed by atoms with Crippen molar-refractivity contribution in [1.29, 1.82) is 0 Å². The highest BCUT2D eigenvalue weighted by Crippen LogP contribution is 2.14. The molecule has 0 atom stereocenters. The SMILES string of the molecule is C1=COC(c2cn[nH]n2)=CO1. The lowest BCUT2D eigenvalue weighted by Crippen LogP contribution is -1.91. The highest BCUT2D eigenvalue weighted by molar-refractivity contribution is 5.54. The van der Waals surface area contributed by atoms with Crippen LogP contribution in [-0.2, 0) is 9.47 Å². The molecule has 0 saturated carbocycles. The first-order chi connectivity index (χ1) is 5.47. The average Bonchev–Trinajstić information content (AvgIpc) is 2.58. The minimum Gasteiger partial charge on any atom is -0.465 e. The van der Waals surface area contributed by atoms with E-state index in [9.17, 15) is 0 Å². The molecule has 5 heteroatoms. The van der Waals surface area contributed by atoms with Crippen molar-refractivity contribution in [3.8, 4) is 0 Å². The van der Waals surface area contributed by atoms with Crippen molar-refractivity contribution < 1.29 is 9.47 Å². The maximum Gasteiger partial charge on any atom is 0.190 e. The maximum atomic E-state index is 5.06. The van der Waals surface area contributed by atoms with Crippen LogP contribution in [-0.4, -0.2) is 15.4 Å². The van der Waals surface area contributed by atoms with E-state index in [-0.39, 0.29) is 0 Å². The molecular formula is C6H5N3O2. The molecule has 1 aliphatic heterocycles. The van der Waals surface area contributed by atoms with E-state index in [1.54, 1.807) is 6.20 Å². The molecule has 0 amide bonds. The first-order valence-electron chi connectivity index (χ1n) is 3.00. The summed E-state index contributed by atoms with van der Waals surface area (Å²) in [5, 5.41) is 9.88. The van der Waals surface area contributed by atoms with Crippen LogP contribution < -0.4 is 0 Å². The fraction of sp³-hybridized carbons (Fsp3) is 0. The van der Waals surface area contributed by atoms with Crippen LogP contribution in [0.3, 0.4) is 0 Å². The second-order valence-electron chi connectivity index (χ2n) is 1.86. The van der Waals surface area contributed by atoms with Gasteiger partial charge in [0, 0.05) is 0 Å². The molecule has 0 bridgehead atoms. The zero-order chi connectivity index (χ0) is 7.52. The lowest BCUT2D eigenvalue weighted by Gasteiger charge is -2.05. The Balaban J connectivity index is 2.24. The van der Waals surface area contributed by atoms with Gasteiger partial charge < -0.3 is 9.47 Å². The van der Waals surface area contributed by atoms with Crippen LogP contribution in [0.2, 0.25) is 0 Å². The number of hydrogen-bond acceptors (Lipinski definition) is 4. The van der Waals surface area contributed by atoms with Crippen molar-refractivity contribution >= 4 is 5.76 Å². The van der Waals surface area contributed by atoms with Crippen molar-refractivity contribution in [3.63, 3.8) is 0 Å². The highest BCUT2D eigenvalue weighted by atomic mass is 16.5. The molecule has 5 nitrogen and oxygen atoms in total.